The summed E-state index contributed by atoms with van der Waals surface area (Å²) in [6.07, 6.45) is 4.15. The van der Waals surface area contributed by atoms with E-state index >= 15 is 0 Å². The maximum Gasteiger partial charge on any atom is 0.134 e. The average Bonchev–Trinajstić information content (AvgIpc) is 2.44. The molecule has 0 unspecified atom stereocenters. The molecule has 0 aliphatic heterocycles. The van der Waals surface area contributed by atoms with Gasteiger partial charge in [0.25, 0.3) is 0 Å². The van der Waals surface area contributed by atoms with E-state index in [2.05, 4.69) is 41.0 Å². The van der Waals surface area contributed by atoms with E-state index in [-0.39, 0.29) is 6.61 Å². The van der Waals surface area contributed by atoms with Gasteiger partial charge >= 0.3 is 0 Å². The summed E-state index contributed by atoms with van der Waals surface area (Å²) in [5, 5.41) is 12.5. The number of rotatable bonds is 10. The topological polar surface area (TPSA) is 61.3 Å². The largest absolute Gasteiger partial charge is 0.395 e. The van der Waals surface area contributed by atoms with Crippen LogP contribution in [0.15, 0.2) is 6.07 Å². The van der Waals surface area contributed by atoms with Crippen LogP contribution in [0.2, 0.25) is 0 Å². The van der Waals surface area contributed by atoms with Crippen molar-refractivity contribution in [3.8, 4) is 0 Å². The third kappa shape index (κ3) is 5.33. The molecule has 0 amide bonds. The first-order chi connectivity index (χ1) is 9.74. The summed E-state index contributed by atoms with van der Waals surface area (Å²) in [6, 6.07) is 1.98. The minimum atomic E-state index is 0.146. The van der Waals surface area contributed by atoms with E-state index in [1.54, 1.807) is 0 Å². The molecule has 0 aliphatic carbocycles. The number of hydrogen-bond acceptors (Lipinski definition) is 5. The number of aliphatic hydroxyl groups excluding tert-OH is 1. The Bertz CT molecular complexity index is 360. The van der Waals surface area contributed by atoms with Gasteiger partial charge in [-0.2, -0.15) is 0 Å². The van der Waals surface area contributed by atoms with Crippen molar-refractivity contribution >= 4 is 11.6 Å². The number of aryl methyl sites for hydroxylation is 1. The molecule has 0 fully saturated rings. The van der Waals surface area contributed by atoms with E-state index in [9.17, 15) is 5.11 Å². The highest BCUT2D eigenvalue weighted by Crippen LogP contribution is 2.17. The fourth-order valence-electron chi connectivity index (χ4n) is 2.06. The zero-order chi connectivity index (χ0) is 14.8. The Labute approximate surface area is 122 Å². The van der Waals surface area contributed by atoms with Crippen LogP contribution in [-0.2, 0) is 6.42 Å². The molecular formula is C15H28N4O. The van der Waals surface area contributed by atoms with E-state index in [0.717, 1.165) is 56.2 Å². The third-order valence-corrected chi connectivity index (χ3v) is 3.07. The predicted octanol–water partition coefficient (Wildman–Crippen LogP) is 2.46. The van der Waals surface area contributed by atoms with Gasteiger partial charge < -0.3 is 15.3 Å². The first kappa shape index (κ1) is 16.7. The molecule has 1 aromatic heterocycles. The molecule has 0 saturated carbocycles. The Morgan fingerprint density at radius 2 is 1.95 bits per heavy atom. The standard InChI is InChI=1S/C15H28N4O/c1-4-7-9-19(10-11-20)15-12-14(16-6-3)17-13(18-15)8-5-2/h12,20H,4-11H2,1-3H3,(H,16,17,18). The van der Waals surface area contributed by atoms with Crippen molar-refractivity contribution in [1.29, 1.82) is 0 Å². The monoisotopic (exact) mass is 280 g/mol. The van der Waals surface area contributed by atoms with Gasteiger partial charge in [-0.15, -0.1) is 0 Å². The van der Waals surface area contributed by atoms with E-state index in [4.69, 9.17) is 0 Å². The summed E-state index contributed by atoms with van der Waals surface area (Å²) < 4.78 is 0. The summed E-state index contributed by atoms with van der Waals surface area (Å²) >= 11 is 0. The lowest BCUT2D eigenvalue weighted by Crippen LogP contribution is -2.29. The van der Waals surface area contributed by atoms with Gasteiger partial charge in [0.05, 0.1) is 6.61 Å². The predicted molar refractivity (Wildman–Crippen MR) is 84.4 cm³/mol. The van der Waals surface area contributed by atoms with Crippen LogP contribution in [0.4, 0.5) is 11.6 Å². The lowest BCUT2D eigenvalue weighted by atomic mass is 10.3. The van der Waals surface area contributed by atoms with Crippen LogP contribution >= 0.6 is 0 Å². The molecule has 0 radical (unpaired) electrons. The Morgan fingerprint density at radius 1 is 1.15 bits per heavy atom. The first-order valence-electron chi connectivity index (χ1n) is 7.72. The van der Waals surface area contributed by atoms with Gasteiger partial charge in [-0.3, -0.25) is 0 Å². The zero-order valence-electron chi connectivity index (χ0n) is 13.0. The number of hydrogen-bond donors (Lipinski definition) is 2. The number of aliphatic hydroxyl groups is 1. The van der Waals surface area contributed by atoms with Crippen LogP contribution in [0.3, 0.4) is 0 Å². The van der Waals surface area contributed by atoms with Gasteiger partial charge in [-0.1, -0.05) is 20.3 Å². The van der Waals surface area contributed by atoms with Gasteiger partial charge in [0.1, 0.15) is 17.5 Å². The van der Waals surface area contributed by atoms with Crippen molar-refractivity contribution in [3.05, 3.63) is 11.9 Å². The lowest BCUT2D eigenvalue weighted by molar-refractivity contribution is 0.301. The van der Waals surface area contributed by atoms with Crippen molar-refractivity contribution in [2.45, 2.75) is 46.5 Å². The SMILES string of the molecule is CCCCN(CCO)c1cc(NCC)nc(CCC)n1. The number of nitrogens with one attached hydrogen (secondary N) is 1. The van der Waals surface area contributed by atoms with E-state index < -0.39 is 0 Å². The second-order valence-corrected chi connectivity index (χ2v) is 4.87. The highest BCUT2D eigenvalue weighted by atomic mass is 16.3. The molecule has 0 saturated heterocycles. The normalized spacial score (nSPS) is 10.6. The van der Waals surface area contributed by atoms with Crippen molar-refractivity contribution in [2.75, 3.05) is 36.5 Å². The number of aromatic nitrogens is 2. The molecule has 1 rings (SSSR count). The Kier molecular flexibility index (Phi) is 7.95. The van der Waals surface area contributed by atoms with Crippen molar-refractivity contribution in [3.63, 3.8) is 0 Å². The minimum absolute atomic E-state index is 0.146. The molecule has 5 heteroatoms. The summed E-state index contributed by atoms with van der Waals surface area (Å²) in [5.41, 5.74) is 0. The second-order valence-electron chi connectivity index (χ2n) is 4.87. The summed E-state index contributed by atoms with van der Waals surface area (Å²) in [4.78, 5) is 11.3. The van der Waals surface area contributed by atoms with Crippen molar-refractivity contribution in [2.24, 2.45) is 0 Å². The van der Waals surface area contributed by atoms with Crippen LogP contribution in [0, 0.1) is 0 Å². The Balaban J connectivity index is 2.97. The van der Waals surface area contributed by atoms with Crippen LogP contribution in [0.5, 0.6) is 0 Å². The number of unbranched alkanes of at least 4 members (excludes halogenated alkanes) is 1. The minimum Gasteiger partial charge on any atom is -0.395 e. The highest BCUT2D eigenvalue weighted by Gasteiger charge is 2.11. The fraction of sp³-hybridized carbons (Fsp3) is 0.733. The fourth-order valence-corrected chi connectivity index (χ4v) is 2.06. The number of nitrogens with zero attached hydrogens (tertiary/aromatic N) is 3. The molecule has 20 heavy (non-hydrogen) atoms. The van der Waals surface area contributed by atoms with Crippen molar-refractivity contribution in [1.82, 2.24) is 9.97 Å². The Morgan fingerprint density at radius 3 is 2.55 bits per heavy atom. The first-order valence-corrected chi connectivity index (χ1v) is 7.72. The van der Waals surface area contributed by atoms with Gasteiger partial charge in [0.15, 0.2) is 0 Å². The summed E-state index contributed by atoms with van der Waals surface area (Å²) in [7, 11) is 0. The van der Waals surface area contributed by atoms with E-state index in [1.165, 1.54) is 0 Å². The molecule has 2 N–H and O–H groups in total. The quantitative estimate of drug-likeness (QED) is 0.689. The van der Waals surface area contributed by atoms with Gasteiger partial charge in [0, 0.05) is 32.1 Å². The van der Waals surface area contributed by atoms with E-state index in [1.807, 2.05) is 6.07 Å². The van der Waals surface area contributed by atoms with Crippen LogP contribution in [-0.4, -0.2) is 41.3 Å². The second kappa shape index (κ2) is 9.53. The van der Waals surface area contributed by atoms with Gasteiger partial charge in [-0.25, -0.2) is 9.97 Å². The van der Waals surface area contributed by atoms with Crippen molar-refractivity contribution < 1.29 is 5.11 Å². The Hall–Kier alpha value is -1.36. The zero-order valence-corrected chi connectivity index (χ0v) is 13.0. The molecule has 0 aliphatic rings. The molecular weight excluding hydrogens is 252 g/mol. The van der Waals surface area contributed by atoms with Gasteiger partial charge in [0.2, 0.25) is 0 Å². The van der Waals surface area contributed by atoms with Gasteiger partial charge in [-0.05, 0) is 19.8 Å². The third-order valence-electron chi connectivity index (χ3n) is 3.07. The highest BCUT2D eigenvalue weighted by molar-refractivity contribution is 5.49. The van der Waals surface area contributed by atoms with Crippen LogP contribution in [0.25, 0.3) is 0 Å². The molecule has 0 aromatic carbocycles. The smallest absolute Gasteiger partial charge is 0.134 e. The van der Waals surface area contributed by atoms with E-state index in [0.29, 0.717) is 6.54 Å². The molecule has 1 heterocycles. The molecule has 0 atom stereocenters. The van der Waals surface area contributed by atoms with Crippen LogP contribution < -0.4 is 10.2 Å². The van der Waals surface area contributed by atoms with Crippen LogP contribution in [0.1, 0.15) is 45.9 Å². The molecule has 1 aromatic rings. The maximum atomic E-state index is 9.24. The summed E-state index contributed by atoms with van der Waals surface area (Å²) in [6.45, 7) is 8.89. The summed E-state index contributed by atoms with van der Waals surface area (Å²) in [5.74, 6) is 2.67. The molecule has 0 bridgehead atoms. The molecule has 114 valence electrons. The molecule has 5 nitrogen and oxygen atoms in total. The lowest BCUT2D eigenvalue weighted by Gasteiger charge is -2.23. The maximum absolute atomic E-state index is 9.24. The molecule has 0 spiro atoms. The number of anilines is 2. The average molecular weight is 280 g/mol.